The van der Waals surface area contributed by atoms with Gasteiger partial charge in [0.15, 0.2) is 6.61 Å². The van der Waals surface area contributed by atoms with Crippen LogP contribution in [0.5, 0.6) is 11.5 Å². The predicted octanol–water partition coefficient (Wildman–Crippen LogP) is 3.29. The molecule has 132 valence electrons. The molecule has 0 saturated carbocycles. The summed E-state index contributed by atoms with van der Waals surface area (Å²) in [5.74, 6) is -1.28. The molecule has 0 fully saturated rings. The van der Waals surface area contributed by atoms with Gasteiger partial charge in [0.1, 0.15) is 17.3 Å². The lowest BCUT2D eigenvalue weighted by Gasteiger charge is -2.13. The summed E-state index contributed by atoms with van der Waals surface area (Å²) in [5, 5.41) is 2.79. The second kappa shape index (κ2) is 8.34. The third-order valence-electron chi connectivity index (χ3n) is 3.14. The second-order valence-electron chi connectivity index (χ2n) is 4.82. The van der Waals surface area contributed by atoms with Crippen LogP contribution in [-0.4, -0.2) is 32.7 Å². The van der Waals surface area contributed by atoms with Crippen molar-refractivity contribution in [2.24, 2.45) is 0 Å². The van der Waals surface area contributed by atoms with E-state index in [-0.39, 0.29) is 10.6 Å². The SMILES string of the molecule is COc1cc(OC)c(NC(=O)COC(=O)c2cccc(F)c2)cc1Cl. The van der Waals surface area contributed by atoms with Crippen LogP contribution >= 0.6 is 11.6 Å². The number of amides is 1. The molecule has 8 heteroatoms. The van der Waals surface area contributed by atoms with Crippen molar-refractivity contribution in [3.8, 4) is 11.5 Å². The summed E-state index contributed by atoms with van der Waals surface area (Å²) in [5.41, 5.74) is 0.304. The summed E-state index contributed by atoms with van der Waals surface area (Å²) in [6.07, 6.45) is 0. The largest absolute Gasteiger partial charge is 0.495 e. The number of halogens is 2. The smallest absolute Gasteiger partial charge is 0.338 e. The molecule has 0 aromatic heterocycles. The van der Waals surface area contributed by atoms with E-state index in [1.807, 2.05) is 0 Å². The van der Waals surface area contributed by atoms with Gasteiger partial charge >= 0.3 is 5.97 Å². The van der Waals surface area contributed by atoms with Crippen LogP contribution in [0.25, 0.3) is 0 Å². The predicted molar refractivity (Wildman–Crippen MR) is 89.9 cm³/mol. The highest BCUT2D eigenvalue weighted by molar-refractivity contribution is 6.32. The normalized spacial score (nSPS) is 10.1. The third kappa shape index (κ3) is 4.84. The van der Waals surface area contributed by atoms with Crippen LogP contribution in [0.4, 0.5) is 10.1 Å². The topological polar surface area (TPSA) is 73.9 Å². The number of hydrogen-bond donors (Lipinski definition) is 1. The van der Waals surface area contributed by atoms with Gasteiger partial charge in [0.2, 0.25) is 0 Å². The maximum atomic E-state index is 13.1. The number of anilines is 1. The Morgan fingerprint density at radius 1 is 1.12 bits per heavy atom. The monoisotopic (exact) mass is 367 g/mol. The number of methoxy groups -OCH3 is 2. The highest BCUT2D eigenvalue weighted by Crippen LogP contribution is 2.35. The van der Waals surface area contributed by atoms with Crippen molar-refractivity contribution >= 4 is 29.2 Å². The summed E-state index contributed by atoms with van der Waals surface area (Å²) in [4.78, 5) is 23.7. The van der Waals surface area contributed by atoms with E-state index in [0.717, 1.165) is 6.07 Å². The van der Waals surface area contributed by atoms with E-state index in [1.165, 1.54) is 44.6 Å². The molecule has 6 nitrogen and oxygen atoms in total. The Bertz CT molecular complexity index is 797. The molecule has 0 bridgehead atoms. The third-order valence-corrected chi connectivity index (χ3v) is 3.44. The van der Waals surface area contributed by atoms with E-state index < -0.39 is 24.3 Å². The van der Waals surface area contributed by atoms with Gasteiger partial charge in [-0.3, -0.25) is 4.79 Å². The molecule has 2 rings (SSSR count). The highest BCUT2D eigenvalue weighted by atomic mass is 35.5. The van der Waals surface area contributed by atoms with E-state index in [0.29, 0.717) is 17.2 Å². The standard InChI is InChI=1S/C17H15ClFNO5/c1-23-14-8-15(24-2)13(7-12(14)18)20-16(21)9-25-17(22)10-4-3-5-11(19)6-10/h3-8H,9H2,1-2H3,(H,20,21). The zero-order valence-corrected chi connectivity index (χ0v) is 14.2. The lowest BCUT2D eigenvalue weighted by atomic mass is 10.2. The van der Waals surface area contributed by atoms with Crippen molar-refractivity contribution in [1.82, 2.24) is 0 Å². The number of carbonyl (C=O) groups is 2. The minimum atomic E-state index is -0.811. The van der Waals surface area contributed by atoms with Crippen LogP contribution in [0.15, 0.2) is 36.4 Å². The van der Waals surface area contributed by atoms with Crippen LogP contribution in [0, 0.1) is 5.82 Å². The molecule has 1 N–H and O–H groups in total. The average molecular weight is 368 g/mol. The van der Waals surface area contributed by atoms with E-state index >= 15 is 0 Å². The minimum Gasteiger partial charge on any atom is -0.495 e. The van der Waals surface area contributed by atoms with Gasteiger partial charge < -0.3 is 19.5 Å². The van der Waals surface area contributed by atoms with Crippen molar-refractivity contribution < 1.29 is 28.2 Å². The van der Waals surface area contributed by atoms with Gasteiger partial charge in [-0.15, -0.1) is 0 Å². The fourth-order valence-corrected chi connectivity index (χ4v) is 2.21. The molecule has 25 heavy (non-hydrogen) atoms. The molecule has 0 atom stereocenters. The van der Waals surface area contributed by atoms with E-state index in [9.17, 15) is 14.0 Å². The molecule has 0 spiro atoms. The van der Waals surface area contributed by atoms with E-state index in [1.54, 1.807) is 0 Å². The molecule has 1 amide bonds. The quantitative estimate of drug-likeness (QED) is 0.793. The van der Waals surface area contributed by atoms with Crippen molar-refractivity contribution in [3.63, 3.8) is 0 Å². The molecule has 0 aliphatic rings. The second-order valence-corrected chi connectivity index (χ2v) is 5.23. The van der Waals surface area contributed by atoms with Gasteiger partial charge in [-0.1, -0.05) is 17.7 Å². The molecule has 2 aromatic rings. The average Bonchev–Trinajstić information content (AvgIpc) is 2.60. The fraction of sp³-hybridized carbons (Fsp3) is 0.176. The summed E-state index contributed by atoms with van der Waals surface area (Å²) < 4.78 is 28.1. The molecule has 0 heterocycles. The van der Waals surface area contributed by atoms with Crippen LogP contribution < -0.4 is 14.8 Å². The number of esters is 1. The number of carbonyl (C=O) groups excluding carboxylic acids is 2. The van der Waals surface area contributed by atoms with Crippen LogP contribution in [0.2, 0.25) is 5.02 Å². The number of hydrogen-bond acceptors (Lipinski definition) is 5. The first kappa shape index (κ1) is 18.5. The first-order valence-corrected chi connectivity index (χ1v) is 7.46. The van der Waals surface area contributed by atoms with E-state index in [4.69, 9.17) is 25.8 Å². The molecule has 2 aromatic carbocycles. The highest BCUT2D eigenvalue weighted by Gasteiger charge is 2.15. The van der Waals surface area contributed by atoms with Crippen molar-refractivity contribution in [1.29, 1.82) is 0 Å². The zero-order valence-electron chi connectivity index (χ0n) is 13.5. The van der Waals surface area contributed by atoms with Gasteiger partial charge in [-0.25, -0.2) is 9.18 Å². The van der Waals surface area contributed by atoms with Crippen LogP contribution in [0.3, 0.4) is 0 Å². The Balaban J connectivity index is 2.01. The Morgan fingerprint density at radius 3 is 2.48 bits per heavy atom. The van der Waals surface area contributed by atoms with Crippen molar-refractivity contribution in [2.75, 3.05) is 26.1 Å². The summed E-state index contributed by atoms with van der Waals surface area (Å²) in [6.45, 7) is -0.553. The first-order chi connectivity index (χ1) is 11.9. The molecule has 0 saturated heterocycles. The Hall–Kier alpha value is -2.80. The zero-order chi connectivity index (χ0) is 18.4. The Kier molecular flexibility index (Phi) is 6.19. The van der Waals surface area contributed by atoms with E-state index in [2.05, 4.69) is 5.32 Å². The van der Waals surface area contributed by atoms with Gasteiger partial charge in [0.25, 0.3) is 5.91 Å². The number of benzene rings is 2. The number of ether oxygens (including phenoxy) is 3. The summed E-state index contributed by atoms with van der Waals surface area (Å²) >= 11 is 6.01. The van der Waals surface area contributed by atoms with Crippen LogP contribution in [-0.2, 0) is 9.53 Å². The minimum absolute atomic E-state index is 0.0119. The van der Waals surface area contributed by atoms with Gasteiger partial charge in [-0.2, -0.15) is 0 Å². The maximum absolute atomic E-state index is 13.1. The van der Waals surface area contributed by atoms with Gasteiger partial charge in [-0.05, 0) is 24.3 Å². The summed E-state index contributed by atoms with van der Waals surface area (Å²) in [6, 6.07) is 7.93. The Labute approximate surface area is 148 Å². The molecule has 0 aliphatic heterocycles. The Morgan fingerprint density at radius 2 is 1.84 bits per heavy atom. The van der Waals surface area contributed by atoms with Crippen LogP contribution in [0.1, 0.15) is 10.4 Å². The van der Waals surface area contributed by atoms with Gasteiger partial charge in [0.05, 0.1) is 30.5 Å². The molecular weight excluding hydrogens is 353 g/mol. The van der Waals surface area contributed by atoms with Crippen molar-refractivity contribution in [2.45, 2.75) is 0 Å². The molecular formula is C17H15ClFNO5. The molecule has 0 aliphatic carbocycles. The molecule has 0 radical (unpaired) electrons. The molecule has 0 unspecified atom stereocenters. The lowest BCUT2D eigenvalue weighted by Crippen LogP contribution is -2.21. The maximum Gasteiger partial charge on any atom is 0.338 e. The number of nitrogens with one attached hydrogen (secondary N) is 1. The van der Waals surface area contributed by atoms with Gasteiger partial charge in [0, 0.05) is 6.07 Å². The summed E-state index contributed by atoms with van der Waals surface area (Å²) in [7, 11) is 2.87. The fourth-order valence-electron chi connectivity index (χ4n) is 1.97. The lowest BCUT2D eigenvalue weighted by molar-refractivity contribution is -0.119. The first-order valence-electron chi connectivity index (χ1n) is 7.08. The van der Waals surface area contributed by atoms with Crippen molar-refractivity contribution in [3.05, 3.63) is 52.8 Å². The number of rotatable bonds is 6.